The van der Waals surface area contributed by atoms with Crippen molar-refractivity contribution in [3.8, 4) is 0 Å². The molecule has 0 spiro atoms. The summed E-state index contributed by atoms with van der Waals surface area (Å²) in [4.78, 5) is 12.5. The largest absolute Gasteiger partial charge is 0.299 e. The van der Waals surface area contributed by atoms with E-state index >= 15 is 0 Å². The Labute approximate surface area is 126 Å². The first kappa shape index (κ1) is 13.5. The van der Waals surface area contributed by atoms with Crippen molar-refractivity contribution in [3.63, 3.8) is 0 Å². The summed E-state index contributed by atoms with van der Waals surface area (Å²) in [5.41, 5.74) is 3.13. The second-order valence-electron chi connectivity index (χ2n) is 5.17. The summed E-state index contributed by atoms with van der Waals surface area (Å²) in [5.74, 6) is -0.176. The molecule has 0 saturated heterocycles. The maximum Gasteiger partial charge on any atom is 0.144 e. The molecule has 1 unspecified atom stereocenters. The summed E-state index contributed by atoms with van der Waals surface area (Å²) >= 11 is 3.38. The lowest BCUT2D eigenvalue weighted by Crippen LogP contribution is -2.13. The molecule has 0 N–H and O–H groups in total. The second-order valence-corrected chi connectivity index (χ2v) is 6.02. The zero-order chi connectivity index (χ0) is 14.1. The van der Waals surface area contributed by atoms with Gasteiger partial charge >= 0.3 is 0 Å². The Bertz CT molecular complexity index is 666. The highest BCUT2D eigenvalue weighted by molar-refractivity contribution is 9.10. The molecule has 0 aliphatic heterocycles. The Hall–Kier alpha value is -1.48. The molecule has 0 aromatic heterocycles. The first-order valence-corrected chi connectivity index (χ1v) is 7.49. The minimum Gasteiger partial charge on any atom is -0.299 e. The predicted octanol–water partition coefficient (Wildman–Crippen LogP) is 4.43. The van der Waals surface area contributed by atoms with Crippen molar-refractivity contribution in [2.45, 2.75) is 25.2 Å². The smallest absolute Gasteiger partial charge is 0.144 e. The summed E-state index contributed by atoms with van der Waals surface area (Å²) in [6.45, 7) is 0. The Morgan fingerprint density at radius 2 is 2.05 bits per heavy atom. The zero-order valence-corrected chi connectivity index (χ0v) is 12.5. The van der Waals surface area contributed by atoms with Crippen LogP contribution in [0.4, 0.5) is 4.39 Å². The maximum atomic E-state index is 13.3. The van der Waals surface area contributed by atoms with Crippen molar-refractivity contribution in [1.29, 1.82) is 0 Å². The molecule has 2 aromatic rings. The molecule has 0 bridgehead atoms. The third-order valence-electron chi connectivity index (χ3n) is 3.89. The molecular weight excluding hydrogens is 319 g/mol. The minimum atomic E-state index is -0.303. The third kappa shape index (κ3) is 2.55. The number of hydrogen-bond acceptors (Lipinski definition) is 1. The van der Waals surface area contributed by atoms with Gasteiger partial charge in [-0.15, -0.1) is 0 Å². The number of fused-ring (bicyclic) bond motifs is 1. The van der Waals surface area contributed by atoms with Crippen LogP contribution in [0.15, 0.2) is 46.9 Å². The van der Waals surface area contributed by atoms with E-state index in [1.165, 1.54) is 17.7 Å². The number of ketones is 1. The fourth-order valence-corrected chi connectivity index (χ4v) is 3.27. The van der Waals surface area contributed by atoms with E-state index in [2.05, 4.69) is 22.0 Å². The van der Waals surface area contributed by atoms with Crippen LogP contribution in [-0.4, -0.2) is 5.78 Å². The molecule has 1 nitrogen and oxygen atoms in total. The molecule has 1 atom stereocenters. The molecule has 20 heavy (non-hydrogen) atoms. The normalized spacial score (nSPS) is 17.0. The number of halogens is 2. The van der Waals surface area contributed by atoms with Crippen LogP contribution in [0, 0.1) is 5.82 Å². The van der Waals surface area contributed by atoms with E-state index < -0.39 is 0 Å². The number of carbonyl (C=O) groups is 1. The molecule has 0 saturated carbocycles. The SMILES string of the molecule is O=C(Cc1cc(F)ccc1Br)C1CCc2ccccc21. The van der Waals surface area contributed by atoms with E-state index in [1.54, 1.807) is 6.07 Å². The monoisotopic (exact) mass is 332 g/mol. The number of carbonyl (C=O) groups excluding carboxylic acids is 1. The van der Waals surface area contributed by atoms with Gasteiger partial charge in [-0.1, -0.05) is 40.2 Å². The average molecular weight is 333 g/mol. The van der Waals surface area contributed by atoms with E-state index in [4.69, 9.17) is 0 Å². The van der Waals surface area contributed by atoms with E-state index in [9.17, 15) is 9.18 Å². The Morgan fingerprint density at radius 1 is 1.25 bits per heavy atom. The molecule has 0 amide bonds. The number of hydrogen-bond donors (Lipinski definition) is 0. The van der Waals surface area contributed by atoms with E-state index in [1.807, 2.05) is 18.2 Å². The van der Waals surface area contributed by atoms with Crippen LogP contribution in [0.3, 0.4) is 0 Å². The fraction of sp³-hybridized carbons (Fsp3) is 0.235. The summed E-state index contributed by atoms with van der Waals surface area (Å²) in [7, 11) is 0. The zero-order valence-electron chi connectivity index (χ0n) is 10.9. The van der Waals surface area contributed by atoms with Crippen molar-refractivity contribution < 1.29 is 9.18 Å². The summed E-state index contributed by atoms with van der Waals surface area (Å²) in [5, 5.41) is 0. The first-order chi connectivity index (χ1) is 9.65. The molecule has 2 aromatic carbocycles. The number of aryl methyl sites for hydroxylation is 1. The first-order valence-electron chi connectivity index (χ1n) is 6.69. The van der Waals surface area contributed by atoms with Crippen molar-refractivity contribution in [2.24, 2.45) is 0 Å². The lowest BCUT2D eigenvalue weighted by atomic mass is 9.92. The predicted molar refractivity (Wildman–Crippen MR) is 80.3 cm³/mol. The Kier molecular flexibility index (Phi) is 3.70. The molecule has 102 valence electrons. The van der Waals surface area contributed by atoms with Crippen molar-refractivity contribution in [2.75, 3.05) is 0 Å². The van der Waals surface area contributed by atoms with Gasteiger partial charge in [0.25, 0.3) is 0 Å². The van der Waals surface area contributed by atoms with Gasteiger partial charge in [-0.25, -0.2) is 4.39 Å². The van der Waals surface area contributed by atoms with Crippen molar-refractivity contribution in [1.82, 2.24) is 0 Å². The quantitative estimate of drug-likeness (QED) is 0.812. The third-order valence-corrected chi connectivity index (χ3v) is 4.67. The average Bonchev–Trinajstić information content (AvgIpc) is 2.87. The van der Waals surface area contributed by atoms with Crippen molar-refractivity contribution >= 4 is 21.7 Å². The lowest BCUT2D eigenvalue weighted by molar-refractivity contribution is -0.119. The van der Waals surface area contributed by atoms with Gasteiger partial charge in [0.05, 0.1) is 0 Å². The van der Waals surface area contributed by atoms with Gasteiger partial charge in [0, 0.05) is 16.8 Å². The topological polar surface area (TPSA) is 17.1 Å². The Morgan fingerprint density at radius 3 is 2.90 bits per heavy atom. The van der Waals surface area contributed by atoms with Gasteiger partial charge in [-0.3, -0.25) is 4.79 Å². The minimum absolute atomic E-state index is 0.0404. The van der Waals surface area contributed by atoms with E-state index in [-0.39, 0.29) is 23.9 Å². The second kappa shape index (κ2) is 5.49. The van der Waals surface area contributed by atoms with Crippen LogP contribution in [0.25, 0.3) is 0 Å². The number of Topliss-reactive ketones (excluding diaryl/α,β-unsaturated/α-hetero) is 1. The number of rotatable bonds is 3. The van der Waals surface area contributed by atoms with Crippen LogP contribution >= 0.6 is 15.9 Å². The van der Waals surface area contributed by atoms with Crippen LogP contribution in [0.5, 0.6) is 0 Å². The van der Waals surface area contributed by atoms with Crippen LogP contribution in [0.1, 0.15) is 29.0 Å². The molecule has 0 fully saturated rings. The molecule has 1 aliphatic rings. The molecule has 0 heterocycles. The van der Waals surface area contributed by atoms with Gasteiger partial charge in [-0.2, -0.15) is 0 Å². The highest BCUT2D eigenvalue weighted by Crippen LogP contribution is 2.34. The van der Waals surface area contributed by atoms with Gasteiger partial charge in [0.15, 0.2) is 0 Å². The molecule has 0 radical (unpaired) electrons. The van der Waals surface area contributed by atoms with Gasteiger partial charge in [0.2, 0.25) is 0 Å². The molecule has 1 aliphatic carbocycles. The van der Waals surface area contributed by atoms with Gasteiger partial charge in [0.1, 0.15) is 11.6 Å². The summed E-state index contributed by atoms with van der Waals surface area (Å²) in [6.07, 6.45) is 2.10. The van der Waals surface area contributed by atoms with Gasteiger partial charge in [-0.05, 0) is 47.7 Å². The maximum absolute atomic E-state index is 13.3. The van der Waals surface area contributed by atoms with Crippen molar-refractivity contribution in [3.05, 3.63) is 69.4 Å². The van der Waals surface area contributed by atoms with Crippen LogP contribution < -0.4 is 0 Å². The summed E-state index contributed by atoms with van der Waals surface area (Å²) < 4.78 is 14.1. The highest BCUT2D eigenvalue weighted by atomic mass is 79.9. The van der Waals surface area contributed by atoms with Crippen LogP contribution in [-0.2, 0) is 17.6 Å². The fourth-order valence-electron chi connectivity index (χ4n) is 2.88. The highest BCUT2D eigenvalue weighted by Gasteiger charge is 2.28. The van der Waals surface area contributed by atoms with E-state index in [0.29, 0.717) is 0 Å². The molecular formula is C17H14BrFO. The molecule has 3 heteroatoms. The van der Waals surface area contributed by atoms with Crippen LogP contribution in [0.2, 0.25) is 0 Å². The molecule has 3 rings (SSSR count). The standard InChI is InChI=1S/C17H14BrFO/c18-16-8-6-13(19)9-12(16)10-17(20)15-7-5-11-3-1-2-4-14(11)15/h1-4,6,8-9,15H,5,7,10H2. The van der Waals surface area contributed by atoms with E-state index in [0.717, 1.165) is 28.4 Å². The lowest BCUT2D eigenvalue weighted by Gasteiger charge is -2.11. The van der Waals surface area contributed by atoms with Gasteiger partial charge < -0.3 is 0 Å². The Balaban J connectivity index is 1.83. The number of benzene rings is 2. The summed E-state index contributed by atoms with van der Waals surface area (Å²) in [6, 6.07) is 12.6.